The van der Waals surface area contributed by atoms with Crippen LogP contribution in [0.3, 0.4) is 0 Å². The smallest absolute Gasteiger partial charge is 0.149 e. The zero-order chi connectivity index (χ0) is 9.26. The molecule has 0 radical (unpaired) electrons. The van der Waals surface area contributed by atoms with Gasteiger partial charge in [0.1, 0.15) is 5.75 Å². The van der Waals surface area contributed by atoms with Gasteiger partial charge in [-0.05, 0) is 30.5 Å². The van der Waals surface area contributed by atoms with Crippen LogP contribution in [0.2, 0.25) is 0 Å². The molecule has 0 aliphatic carbocycles. The van der Waals surface area contributed by atoms with Gasteiger partial charge in [-0.25, -0.2) is 0 Å². The van der Waals surface area contributed by atoms with Crippen LogP contribution in [-0.4, -0.2) is 12.0 Å². The molecule has 1 heterocycles. The lowest BCUT2D eigenvalue weighted by molar-refractivity contribution is 0.224. The minimum Gasteiger partial charge on any atom is -0.409 e. The van der Waals surface area contributed by atoms with E-state index in [2.05, 4.69) is 16.5 Å². The maximum Gasteiger partial charge on any atom is 0.149 e. The lowest BCUT2D eigenvalue weighted by Gasteiger charge is -2.01. The Morgan fingerprint density at radius 3 is 2.92 bits per heavy atom. The van der Waals surface area contributed by atoms with Crippen molar-refractivity contribution < 1.29 is 4.84 Å². The first kappa shape index (κ1) is 8.13. The Kier molecular flexibility index (Phi) is 1.94. The zero-order valence-electron chi connectivity index (χ0n) is 7.72. The zero-order valence-corrected chi connectivity index (χ0v) is 7.72. The largest absolute Gasteiger partial charge is 0.409 e. The molecule has 0 saturated heterocycles. The van der Waals surface area contributed by atoms with E-state index in [4.69, 9.17) is 4.84 Å². The number of hydrogen-bond acceptors (Lipinski definition) is 2. The van der Waals surface area contributed by atoms with Crippen molar-refractivity contribution >= 4 is 10.9 Å². The Morgan fingerprint density at radius 2 is 2.15 bits per heavy atom. The van der Waals surface area contributed by atoms with Gasteiger partial charge >= 0.3 is 0 Å². The van der Waals surface area contributed by atoms with Gasteiger partial charge in [-0.2, -0.15) is 5.48 Å². The maximum atomic E-state index is 5.15. The standard InChI is InChI=1S/C10H12N2O/c1-7-5-8-3-4-9(13-11-2)6-10(8)12-7/h3-6,11-12H,1-2H3. The molecule has 0 unspecified atom stereocenters. The topological polar surface area (TPSA) is 37.0 Å². The second-order valence-corrected chi connectivity index (χ2v) is 3.01. The van der Waals surface area contributed by atoms with Crippen LogP contribution in [0.5, 0.6) is 5.75 Å². The van der Waals surface area contributed by atoms with Gasteiger partial charge in [0.05, 0.1) is 0 Å². The summed E-state index contributed by atoms with van der Waals surface area (Å²) in [4.78, 5) is 8.40. The number of rotatable bonds is 2. The second kappa shape index (κ2) is 3.11. The first-order chi connectivity index (χ1) is 6.29. The van der Waals surface area contributed by atoms with Gasteiger partial charge in [-0.3, -0.25) is 0 Å². The lowest BCUT2D eigenvalue weighted by Crippen LogP contribution is -2.10. The molecule has 1 aromatic heterocycles. The van der Waals surface area contributed by atoms with Crippen molar-refractivity contribution in [2.45, 2.75) is 6.92 Å². The van der Waals surface area contributed by atoms with E-state index in [-0.39, 0.29) is 0 Å². The molecule has 2 rings (SSSR count). The molecule has 13 heavy (non-hydrogen) atoms. The summed E-state index contributed by atoms with van der Waals surface area (Å²) < 4.78 is 0. The fourth-order valence-electron chi connectivity index (χ4n) is 1.43. The van der Waals surface area contributed by atoms with E-state index >= 15 is 0 Å². The maximum absolute atomic E-state index is 5.15. The van der Waals surface area contributed by atoms with Crippen molar-refractivity contribution in [1.29, 1.82) is 0 Å². The van der Waals surface area contributed by atoms with Gasteiger partial charge in [0.25, 0.3) is 0 Å². The molecule has 0 fully saturated rings. The van der Waals surface area contributed by atoms with Gasteiger partial charge in [0, 0.05) is 24.3 Å². The predicted molar refractivity (Wildman–Crippen MR) is 52.7 cm³/mol. The van der Waals surface area contributed by atoms with Crippen LogP contribution in [0.15, 0.2) is 24.3 Å². The summed E-state index contributed by atoms with van der Waals surface area (Å²) in [5.41, 5.74) is 4.91. The average molecular weight is 176 g/mol. The van der Waals surface area contributed by atoms with Gasteiger partial charge < -0.3 is 9.82 Å². The van der Waals surface area contributed by atoms with Crippen molar-refractivity contribution in [2.75, 3.05) is 7.05 Å². The summed E-state index contributed by atoms with van der Waals surface area (Å²) in [7, 11) is 1.74. The first-order valence-electron chi connectivity index (χ1n) is 4.22. The monoisotopic (exact) mass is 176 g/mol. The molecule has 68 valence electrons. The van der Waals surface area contributed by atoms with Crippen molar-refractivity contribution in [3.05, 3.63) is 30.0 Å². The molecule has 0 aliphatic heterocycles. The van der Waals surface area contributed by atoms with Crippen molar-refractivity contribution in [2.24, 2.45) is 0 Å². The Bertz CT molecular complexity index is 420. The fraction of sp³-hybridized carbons (Fsp3) is 0.200. The molecule has 1 aromatic carbocycles. The van der Waals surface area contributed by atoms with Gasteiger partial charge in [-0.15, -0.1) is 0 Å². The highest BCUT2D eigenvalue weighted by atomic mass is 16.6. The van der Waals surface area contributed by atoms with Crippen LogP contribution in [0.4, 0.5) is 0 Å². The van der Waals surface area contributed by atoms with E-state index in [9.17, 15) is 0 Å². The van der Waals surface area contributed by atoms with Gasteiger partial charge in [-0.1, -0.05) is 0 Å². The fourth-order valence-corrected chi connectivity index (χ4v) is 1.43. The SMILES string of the molecule is CNOc1ccc2cc(C)[nH]c2c1. The quantitative estimate of drug-likeness (QED) is 0.686. The number of fused-ring (bicyclic) bond motifs is 1. The highest BCUT2D eigenvalue weighted by Crippen LogP contribution is 2.20. The number of hydroxylamine groups is 1. The van der Waals surface area contributed by atoms with E-state index in [0.717, 1.165) is 17.0 Å². The number of aromatic amines is 1. The molecule has 3 heteroatoms. The number of hydrogen-bond donors (Lipinski definition) is 2. The average Bonchev–Trinajstić information content (AvgIpc) is 2.44. The molecule has 0 amide bonds. The highest BCUT2D eigenvalue weighted by molar-refractivity contribution is 5.81. The minimum absolute atomic E-state index is 0.817. The van der Waals surface area contributed by atoms with Crippen LogP contribution in [0, 0.1) is 6.92 Å². The van der Waals surface area contributed by atoms with E-state index < -0.39 is 0 Å². The summed E-state index contributed by atoms with van der Waals surface area (Å²) in [6.07, 6.45) is 0. The van der Waals surface area contributed by atoms with Crippen LogP contribution < -0.4 is 10.3 Å². The third-order valence-electron chi connectivity index (χ3n) is 1.95. The normalized spacial score (nSPS) is 10.6. The van der Waals surface area contributed by atoms with Crippen molar-refractivity contribution in [3.8, 4) is 5.75 Å². The Labute approximate surface area is 76.7 Å². The summed E-state index contributed by atoms with van der Waals surface area (Å²) >= 11 is 0. The molecule has 0 bridgehead atoms. The number of nitrogens with one attached hydrogen (secondary N) is 2. The minimum atomic E-state index is 0.817. The van der Waals surface area contributed by atoms with E-state index in [1.54, 1.807) is 7.05 Å². The molecule has 3 nitrogen and oxygen atoms in total. The molecular formula is C10H12N2O. The summed E-state index contributed by atoms with van der Waals surface area (Å²) in [6.45, 7) is 2.04. The molecule has 0 saturated carbocycles. The summed E-state index contributed by atoms with van der Waals surface area (Å²) in [5, 5.41) is 1.21. The molecule has 0 spiro atoms. The Balaban J connectivity index is 2.48. The number of H-pyrrole nitrogens is 1. The molecular weight excluding hydrogens is 164 g/mol. The molecule has 2 aromatic rings. The van der Waals surface area contributed by atoms with E-state index in [1.165, 1.54) is 5.39 Å². The van der Waals surface area contributed by atoms with Crippen molar-refractivity contribution in [3.63, 3.8) is 0 Å². The predicted octanol–water partition coefficient (Wildman–Crippen LogP) is 1.99. The molecule has 0 atom stereocenters. The molecule has 2 N–H and O–H groups in total. The number of aromatic nitrogens is 1. The highest BCUT2D eigenvalue weighted by Gasteiger charge is 1.99. The van der Waals surface area contributed by atoms with Gasteiger partial charge in [0.15, 0.2) is 0 Å². The lowest BCUT2D eigenvalue weighted by atomic mass is 10.2. The van der Waals surface area contributed by atoms with Crippen LogP contribution in [0.1, 0.15) is 5.69 Å². The van der Waals surface area contributed by atoms with Crippen LogP contribution in [-0.2, 0) is 0 Å². The third kappa shape index (κ3) is 1.51. The van der Waals surface area contributed by atoms with Crippen LogP contribution in [0.25, 0.3) is 10.9 Å². The molecule has 0 aliphatic rings. The second-order valence-electron chi connectivity index (χ2n) is 3.01. The van der Waals surface area contributed by atoms with Crippen LogP contribution >= 0.6 is 0 Å². The van der Waals surface area contributed by atoms with Crippen molar-refractivity contribution in [1.82, 2.24) is 10.5 Å². The van der Waals surface area contributed by atoms with E-state index in [1.807, 2.05) is 25.1 Å². The summed E-state index contributed by atoms with van der Waals surface area (Å²) in [5.74, 6) is 0.817. The number of benzene rings is 1. The first-order valence-corrected chi connectivity index (χ1v) is 4.22. The summed E-state index contributed by atoms with van der Waals surface area (Å²) in [6, 6.07) is 8.05. The Hall–Kier alpha value is -1.48. The van der Waals surface area contributed by atoms with E-state index in [0.29, 0.717) is 0 Å². The number of aryl methyl sites for hydroxylation is 1. The third-order valence-corrected chi connectivity index (χ3v) is 1.95. The Morgan fingerprint density at radius 1 is 1.31 bits per heavy atom. The van der Waals surface area contributed by atoms with Gasteiger partial charge in [0.2, 0.25) is 0 Å².